The molecule has 1 unspecified atom stereocenters. The Bertz CT molecular complexity index is 392. The van der Waals surface area contributed by atoms with Gasteiger partial charge in [0.1, 0.15) is 11.9 Å². The monoisotopic (exact) mass is 283 g/mol. The lowest BCUT2D eigenvalue weighted by Crippen LogP contribution is -2.33. The van der Waals surface area contributed by atoms with Gasteiger partial charge in [-0.25, -0.2) is 4.99 Å². The molecule has 1 aromatic carbocycles. The minimum Gasteiger partial charge on any atom is -0.489 e. The lowest BCUT2D eigenvalue weighted by atomic mass is 10.3. The second-order valence-electron chi connectivity index (χ2n) is 4.39. The quantitative estimate of drug-likeness (QED) is 0.460. The molecule has 0 amide bonds. The van der Waals surface area contributed by atoms with E-state index in [9.17, 15) is 0 Å². The molecule has 0 fully saturated rings. The average Bonchev–Trinajstić information content (AvgIpc) is 2.39. The molecule has 0 radical (unpaired) electrons. The van der Waals surface area contributed by atoms with Crippen LogP contribution in [0, 0.1) is 0 Å². The number of ether oxygens (including phenoxy) is 1. The van der Waals surface area contributed by atoms with Gasteiger partial charge in [-0.1, -0.05) is 24.9 Å². The van der Waals surface area contributed by atoms with Crippen LogP contribution in [-0.4, -0.2) is 25.2 Å². The maximum atomic E-state index is 5.81. The van der Waals surface area contributed by atoms with Gasteiger partial charge in [0.15, 0.2) is 5.96 Å². The van der Waals surface area contributed by atoms with Gasteiger partial charge in [0.05, 0.1) is 6.54 Å². The fourth-order valence-corrected chi connectivity index (χ4v) is 1.58. The average molecular weight is 284 g/mol. The SMILES string of the molecule is CCCCNC(N)=NCC(C)Oc1ccc(Cl)cc1. The smallest absolute Gasteiger partial charge is 0.188 e. The predicted octanol–water partition coefficient (Wildman–Crippen LogP) is 2.81. The molecular weight excluding hydrogens is 262 g/mol. The van der Waals surface area contributed by atoms with Gasteiger partial charge in [0.25, 0.3) is 0 Å². The zero-order valence-electron chi connectivity index (χ0n) is 11.5. The molecule has 0 aliphatic heterocycles. The van der Waals surface area contributed by atoms with Crippen LogP contribution in [-0.2, 0) is 0 Å². The van der Waals surface area contributed by atoms with Crippen molar-refractivity contribution in [3.05, 3.63) is 29.3 Å². The number of unbranched alkanes of at least 4 members (excludes halogenated alkanes) is 1. The molecule has 19 heavy (non-hydrogen) atoms. The number of benzene rings is 1. The van der Waals surface area contributed by atoms with Gasteiger partial charge in [-0.2, -0.15) is 0 Å². The van der Waals surface area contributed by atoms with Crippen molar-refractivity contribution in [1.82, 2.24) is 5.32 Å². The third-order valence-corrected chi connectivity index (χ3v) is 2.76. The molecule has 1 rings (SSSR count). The second-order valence-corrected chi connectivity index (χ2v) is 4.83. The molecule has 0 aromatic heterocycles. The first-order chi connectivity index (χ1) is 9.11. The summed E-state index contributed by atoms with van der Waals surface area (Å²) < 4.78 is 5.70. The van der Waals surface area contributed by atoms with Gasteiger partial charge in [0.2, 0.25) is 0 Å². The van der Waals surface area contributed by atoms with Crippen LogP contribution in [0.15, 0.2) is 29.3 Å². The summed E-state index contributed by atoms with van der Waals surface area (Å²) in [7, 11) is 0. The highest BCUT2D eigenvalue weighted by Gasteiger charge is 2.03. The molecule has 1 aromatic rings. The minimum atomic E-state index is -0.0345. The molecule has 4 nitrogen and oxygen atoms in total. The summed E-state index contributed by atoms with van der Waals surface area (Å²) in [5, 5.41) is 3.76. The van der Waals surface area contributed by atoms with Gasteiger partial charge in [0, 0.05) is 11.6 Å². The van der Waals surface area contributed by atoms with E-state index in [0.717, 1.165) is 25.1 Å². The maximum absolute atomic E-state index is 5.81. The van der Waals surface area contributed by atoms with E-state index in [4.69, 9.17) is 22.1 Å². The van der Waals surface area contributed by atoms with Crippen LogP contribution in [0.1, 0.15) is 26.7 Å². The summed E-state index contributed by atoms with van der Waals surface area (Å²) in [6, 6.07) is 7.28. The first-order valence-corrected chi connectivity index (χ1v) is 6.95. The van der Waals surface area contributed by atoms with Gasteiger partial charge in [-0.15, -0.1) is 0 Å². The van der Waals surface area contributed by atoms with Crippen molar-refractivity contribution in [2.75, 3.05) is 13.1 Å². The van der Waals surface area contributed by atoms with E-state index in [-0.39, 0.29) is 6.10 Å². The highest BCUT2D eigenvalue weighted by Crippen LogP contribution is 2.16. The topological polar surface area (TPSA) is 59.6 Å². The fraction of sp³-hybridized carbons (Fsp3) is 0.500. The molecule has 0 aliphatic carbocycles. The number of nitrogens with one attached hydrogen (secondary N) is 1. The third-order valence-electron chi connectivity index (χ3n) is 2.51. The number of halogens is 1. The Morgan fingerprint density at radius 2 is 2.11 bits per heavy atom. The van der Waals surface area contributed by atoms with Gasteiger partial charge in [-0.05, 0) is 37.6 Å². The normalized spacial score (nSPS) is 13.1. The Morgan fingerprint density at radius 3 is 2.74 bits per heavy atom. The predicted molar refractivity (Wildman–Crippen MR) is 80.9 cm³/mol. The van der Waals surface area contributed by atoms with Crippen LogP contribution in [0.3, 0.4) is 0 Å². The first kappa shape index (κ1) is 15.6. The van der Waals surface area contributed by atoms with Crippen LogP contribution >= 0.6 is 11.6 Å². The van der Waals surface area contributed by atoms with Crippen molar-refractivity contribution < 1.29 is 4.74 Å². The number of nitrogens with zero attached hydrogens (tertiary/aromatic N) is 1. The molecule has 0 aliphatic rings. The van der Waals surface area contributed by atoms with Crippen LogP contribution in [0.5, 0.6) is 5.75 Å². The highest BCUT2D eigenvalue weighted by atomic mass is 35.5. The van der Waals surface area contributed by atoms with Crippen LogP contribution in [0.25, 0.3) is 0 Å². The number of hydrogen-bond acceptors (Lipinski definition) is 2. The lowest BCUT2D eigenvalue weighted by molar-refractivity contribution is 0.230. The summed E-state index contributed by atoms with van der Waals surface area (Å²) in [5.41, 5.74) is 5.74. The number of nitrogens with two attached hydrogens (primary N) is 1. The van der Waals surface area contributed by atoms with E-state index in [1.807, 2.05) is 19.1 Å². The number of guanidine groups is 1. The van der Waals surface area contributed by atoms with Crippen molar-refractivity contribution in [1.29, 1.82) is 0 Å². The van der Waals surface area contributed by atoms with E-state index in [2.05, 4.69) is 17.2 Å². The Balaban J connectivity index is 2.32. The summed E-state index contributed by atoms with van der Waals surface area (Å²) in [4.78, 5) is 4.24. The summed E-state index contributed by atoms with van der Waals surface area (Å²) in [6.07, 6.45) is 2.19. The number of hydrogen-bond donors (Lipinski definition) is 2. The maximum Gasteiger partial charge on any atom is 0.188 e. The molecule has 3 N–H and O–H groups in total. The molecule has 0 bridgehead atoms. The van der Waals surface area contributed by atoms with E-state index in [1.165, 1.54) is 0 Å². The lowest BCUT2D eigenvalue weighted by Gasteiger charge is -2.13. The number of rotatable bonds is 7. The van der Waals surface area contributed by atoms with E-state index in [0.29, 0.717) is 17.5 Å². The van der Waals surface area contributed by atoms with Gasteiger partial charge < -0.3 is 15.8 Å². The summed E-state index contributed by atoms with van der Waals surface area (Å²) in [6.45, 7) is 5.47. The zero-order chi connectivity index (χ0) is 14.1. The molecule has 0 saturated carbocycles. The van der Waals surface area contributed by atoms with Crippen molar-refractivity contribution in [2.45, 2.75) is 32.8 Å². The molecular formula is C14H22ClN3O. The minimum absolute atomic E-state index is 0.0345. The van der Waals surface area contributed by atoms with Crippen molar-refractivity contribution >= 4 is 17.6 Å². The third kappa shape index (κ3) is 6.91. The fourth-order valence-electron chi connectivity index (χ4n) is 1.46. The van der Waals surface area contributed by atoms with Crippen LogP contribution < -0.4 is 15.8 Å². The molecule has 0 heterocycles. The molecule has 0 spiro atoms. The summed E-state index contributed by atoms with van der Waals surface area (Å²) in [5.74, 6) is 1.25. The Morgan fingerprint density at radius 1 is 1.42 bits per heavy atom. The largest absolute Gasteiger partial charge is 0.489 e. The van der Waals surface area contributed by atoms with Crippen LogP contribution in [0.2, 0.25) is 5.02 Å². The highest BCUT2D eigenvalue weighted by molar-refractivity contribution is 6.30. The van der Waals surface area contributed by atoms with Crippen molar-refractivity contribution in [3.63, 3.8) is 0 Å². The van der Waals surface area contributed by atoms with Crippen molar-refractivity contribution in [2.24, 2.45) is 10.7 Å². The first-order valence-electron chi connectivity index (χ1n) is 6.57. The van der Waals surface area contributed by atoms with Crippen LogP contribution in [0.4, 0.5) is 0 Å². The van der Waals surface area contributed by atoms with Gasteiger partial charge >= 0.3 is 0 Å². The standard InChI is InChI=1S/C14H22ClN3O/c1-3-4-9-17-14(16)18-10-11(2)19-13-7-5-12(15)6-8-13/h5-8,11H,3-4,9-10H2,1-2H3,(H3,16,17,18). The van der Waals surface area contributed by atoms with E-state index >= 15 is 0 Å². The number of aliphatic imine (C=N–C) groups is 1. The Kier molecular flexibility index (Phi) is 7.11. The Labute approximate surface area is 120 Å². The van der Waals surface area contributed by atoms with Gasteiger partial charge in [-0.3, -0.25) is 0 Å². The molecule has 1 atom stereocenters. The van der Waals surface area contributed by atoms with Crippen molar-refractivity contribution in [3.8, 4) is 5.75 Å². The zero-order valence-corrected chi connectivity index (χ0v) is 12.3. The Hall–Kier alpha value is -1.42. The molecule has 0 saturated heterocycles. The molecule has 106 valence electrons. The summed E-state index contributed by atoms with van der Waals surface area (Å²) >= 11 is 5.81. The second kappa shape index (κ2) is 8.64. The van der Waals surface area contributed by atoms with E-state index < -0.39 is 0 Å². The molecule has 5 heteroatoms. The van der Waals surface area contributed by atoms with E-state index in [1.54, 1.807) is 12.1 Å².